The third-order valence-electron chi connectivity index (χ3n) is 4.18. The van der Waals surface area contributed by atoms with Gasteiger partial charge >= 0.3 is 0 Å². The number of likely N-dealkylation sites (N-methyl/N-ethyl adjacent to an activating group) is 1. The molecular formula is C19H25N3O3. The van der Waals surface area contributed by atoms with Crippen molar-refractivity contribution in [3.05, 3.63) is 53.9 Å². The fraction of sp³-hybridized carbons (Fsp3) is 0.368. The van der Waals surface area contributed by atoms with E-state index in [9.17, 15) is 9.59 Å². The van der Waals surface area contributed by atoms with Crippen LogP contribution in [0.1, 0.15) is 28.5 Å². The predicted molar refractivity (Wildman–Crippen MR) is 96.9 cm³/mol. The fourth-order valence-corrected chi connectivity index (χ4v) is 2.68. The number of ether oxygens (including phenoxy) is 1. The van der Waals surface area contributed by atoms with Crippen LogP contribution in [0.2, 0.25) is 0 Å². The molecule has 6 heteroatoms. The van der Waals surface area contributed by atoms with E-state index in [1.807, 2.05) is 38.4 Å². The van der Waals surface area contributed by atoms with E-state index >= 15 is 0 Å². The quantitative estimate of drug-likeness (QED) is 0.709. The molecule has 0 spiro atoms. The van der Waals surface area contributed by atoms with E-state index in [4.69, 9.17) is 4.74 Å². The first-order valence-electron chi connectivity index (χ1n) is 8.22. The van der Waals surface area contributed by atoms with Crippen molar-refractivity contribution in [2.75, 3.05) is 27.7 Å². The number of aryl methyl sites for hydroxylation is 1. The molecule has 1 aromatic heterocycles. The molecule has 1 unspecified atom stereocenters. The Morgan fingerprint density at radius 2 is 2.00 bits per heavy atom. The molecule has 1 atom stereocenters. The lowest BCUT2D eigenvalue weighted by molar-refractivity contribution is -0.121. The number of carbonyl (C=O) groups is 2. The fourth-order valence-electron chi connectivity index (χ4n) is 2.68. The van der Waals surface area contributed by atoms with Crippen molar-refractivity contribution in [2.24, 2.45) is 0 Å². The maximum atomic E-state index is 12.1. The molecule has 0 aliphatic heterocycles. The minimum Gasteiger partial charge on any atom is -0.497 e. The predicted octanol–water partition coefficient (Wildman–Crippen LogP) is 2.12. The zero-order valence-corrected chi connectivity index (χ0v) is 14.9. The summed E-state index contributed by atoms with van der Waals surface area (Å²) >= 11 is 0. The summed E-state index contributed by atoms with van der Waals surface area (Å²) in [6, 6.07) is 11.5. The van der Waals surface area contributed by atoms with E-state index in [-0.39, 0.29) is 11.9 Å². The molecule has 1 amide bonds. The van der Waals surface area contributed by atoms with Gasteiger partial charge in [-0.15, -0.1) is 0 Å². The molecule has 0 bridgehead atoms. The number of benzene rings is 1. The Kier molecular flexibility index (Phi) is 6.77. The van der Waals surface area contributed by atoms with Gasteiger partial charge < -0.3 is 19.5 Å². The summed E-state index contributed by atoms with van der Waals surface area (Å²) in [7, 11) is 5.61. The van der Waals surface area contributed by atoms with Crippen molar-refractivity contribution in [1.82, 2.24) is 14.8 Å². The van der Waals surface area contributed by atoms with Crippen LogP contribution in [-0.4, -0.2) is 49.4 Å². The summed E-state index contributed by atoms with van der Waals surface area (Å²) in [4.78, 5) is 25.1. The standard InChI is InChI=1S/C19H25N3O3/c1-21(2)18(15-6-8-17(25-3)9-7-15)13-20-19(24)10-12-22-11-4-5-16(22)14-23/h4-9,11,14,18H,10,12-13H2,1-3H3,(H,20,24). The molecule has 0 radical (unpaired) electrons. The van der Waals surface area contributed by atoms with E-state index in [0.29, 0.717) is 25.2 Å². The second-order valence-corrected chi connectivity index (χ2v) is 6.05. The zero-order chi connectivity index (χ0) is 18.2. The molecule has 1 aromatic carbocycles. The Labute approximate surface area is 148 Å². The minimum absolute atomic E-state index is 0.0362. The summed E-state index contributed by atoms with van der Waals surface area (Å²) < 4.78 is 6.96. The van der Waals surface area contributed by atoms with Crippen LogP contribution in [0, 0.1) is 0 Å². The van der Waals surface area contributed by atoms with E-state index in [1.165, 1.54) is 0 Å². The van der Waals surface area contributed by atoms with Gasteiger partial charge in [0.25, 0.3) is 0 Å². The highest BCUT2D eigenvalue weighted by Crippen LogP contribution is 2.20. The first kappa shape index (κ1) is 18.7. The average molecular weight is 343 g/mol. The molecule has 134 valence electrons. The van der Waals surface area contributed by atoms with Gasteiger partial charge in [-0.3, -0.25) is 9.59 Å². The third kappa shape index (κ3) is 5.19. The molecule has 0 fully saturated rings. The molecule has 1 N–H and O–H groups in total. The van der Waals surface area contributed by atoms with Crippen molar-refractivity contribution < 1.29 is 14.3 Å². The number of hydrogen-bond donors (Lipinski definition) is 1. The van der Waals surface area contributed by atoms with Gasteiger partial charge in [0.15, 0.2) is 6.29 Å². The Morgan fingerprint density at radius 1 is 1.28 bits per heavy atom. The molecule has 1 heterocycles. The number of methoxy groups -OCH3 is 1. The lowest BCUT2D eigenvalue weighted by atomic mass is 10.1. The summed E-state index contributed by atoms with van der Waals surface area (Å²) in [6.45, 7) is 1.01. The second-order valence-electron chi connectivity index (χ2n) is 6.05. The molecule has 2 aromatic rings. The van der Waals surface area contributed by atoms with Crippen molar-refractivity contribution in [3.63, 3.8) is 0 Å². The number of aromatic nitrogens is 1. The second kappa shape index (κ2) is 9.03. The van der Waals surface area contributed by atoms with Crippen molar-refractivity contribution in [1.29, 1.82) is 0 Å². The van der Waals surface area contributed by atoms with Crippen LogP contribution in [0.15, 0.2) is 42.6 Å². The van der Waals surface area contributed by atoms with Gasteiger partial charge in [0, 0.05) is 25.7 Å². The zero-order valence-electron chi connectivity index (χ0n) is 14.9. The minimum atomic E-state index is -0.0362. The van der Waals surface area contributed by atoms with Crippen LogP contribution in [0.25, 0.3) is 0 Å². The number of rotatable bonds is 9. The normalized spacial score (nSPS) is 12.0. The number of nitrogens with one attached hydrogen (secondary N) is 1. The Hall–Kier alpha value is -2.60. The lowest BCUT2D eigenvalue weighted by Gasteiger charge is -2.25. The first-order valence-corrected chi connectivity index (χ1v) is 8.22. The lowest BCUT2D eigenvalue weighted by Crippen LogP contribution is -2.34. The van der Waals surface area contributed by atoms with Gasteiger partial charge in [-0.1, -0.05) is 12.1 Å². The summed E-state index contributed by atoms with van der Waals surface area (Å²) in [5.74, 6) is 0.772. The van der Waals surface area contributed by atoms with E-state index in [0.717, 1.165) is 17.6 Å². The summed E-state index contributed by atoms with van der Waals surface area (Å²) in [5.41, 5.74) is 1.69. The third-order valence-corrected chi connectivity index (χ3v) is 4.18. The van der Waals surface area contributed by atoms with Gasteiger partial charge in [-0.25, -0.2) is 0 Å². The molecule has 2 rings (SSSR count). The first-order chi connectivity index (χ1) is 12.0. The van der Waals surface area contributed by atoms with Crippen LogP contribution in [0.5, 0.6) is 5.75 Å². The number of carbonyl (C=O) groups excluding carboxylic acids is 2. The summed E-state index contributed by atoms with van der Waals surface area (Å²) in [5, 5.41) is 2.98. The number of nitrogens with zero attached hydrogens (tertiary/aromatic N) is 2. The summed E-state index contributed by atoms with van der Waals surface area (Å²) in [6.07, 6.45) is 2.93. The molecule has 0 saturated heterocycles. The Bertz CT molecular complexity index is 692. The number of aldehydes is 1. The van der Waals surface area contributed by atoms with Gasteiger partial charge in [0.05, 0.1) is 18.8 Å². The number of amides is 1. The molecular weight excluding hydrogens is 318 g/mol. The van der Waals surface area contributed by atoms with Gasteiger partial charge in [-0.2, -0.15) is 0 Å². The van der Waals surface area contributed by atoms with Crippen LogP contribution in [-0.2, 0) is 11.3 Å². The van der Waals surface area contributed by atoms with Crippen LogP contribution < -0.4 is 10.1 Å². The highest BCUT2D eigenvalue weighted by atomic mass is 16.5. The van der Waals surface area contributed by atoms with Gasteiger partial charge in [0.1, 0.15) is 5.75 Å². The smallest absolute Gasteiger partial charge is 0.221 e. The Morgan fingerprint density at radius 3 is 2.60 bits per heavy atom. The highest BCUT2D eigenvalue weighted by Gasteiger charge is 2.15. The van der Waals surface area contributed by atoms with Gasteiger partial charge in [0.2, 0.25) is 5.91 Å². The van der Waals surface area contributed by atoms with E-state index < -0.39 is 0 Å². The molecule has 0 saturated carbocycles. The largest absolute Gasteiger partial charge is 0.497 e. The molecule has 0 aliphatic rings. The van der Waals surface area contributed by atoms with Crippen molar-refractivity contribution in [2.45, 2.75) is 19.0 Å². The Balaban J connectivity index is 1.89. The van der Waals surface area contributed by atoms with Gasteiger partial charge in [-0.05, 0) is 43.9 Å². The number of hydrogen-bond acceptors (Lipinski definition) is 4. The van der Waals surface area contributed by atoms with Crippen LogP contribution >= 0.6 is 0 Å². The van der Waals surface area contributed by atoms with E-state index in [2.05, 4.69) is 10.2 Å². The van der Waals surface area contributed by atoms with Crippen LogP contribution in [0.4, 0.5) is 0 Å². The van der Waals surface area contributed by atoms with Crippen LogP contribution in [0.3, 0.4) is 0 Å². The topological polar surface area (TPSA) is 63.6 Å². The SMILES string of the molecule is COc1ccc(C(CNC(=O)CCn2cccc2C=O)N(C)C)cc1. The molecule has 0 aliphatic carbocycles. The average Bonchev–Trinajstić information content (AvgIpc) is 3.08. The monoisotopic (exact) mass is 343 g/mol. The maximum Gasteiger partial charge on any atom is 0.221 e. The van der Waals surface area contributed by atoms with Crippen molar-refractivity contribution >= 4 is 12.2 Å². The molecule has 25 heavy (non-hydrogen) atoms. The maximum absolute atomic E-state index is 12.1. The molecule has 6 nitrogen and oxygen atoms in total. The van der Waals surface area contributed by atoms with E-state index in [1.54, 1.807) is 30.0 Å². The van der Waals surface area contributed by atoms with Crippen molar-refractivity contribution in [3.8, 4) is 5.75 Å². The highest BCUT2D eigenvalue weighted by molar-refractivity contribution is 5.76.